The Kier molecular flexibility index (Phi) is 2.82. The van der Waals surface area contributed by atoms with Crippen LogP contribution in [-0.2, 0) is 25.7 Å². The van der Waals surface area contributed by atoms with Crippen molar-refractivity contribution in [2.24, 2.45) is 0 Å². The summed E-state index contributed by atoms with van der Waals surface area (Å²) in [4.78, 5) is 4.46. The minimum absolute atomic E-state index is 0.600. The van der Waals surface area contributed by atoms with Crippen molar-refractivity contribution >= 4 is 0 Å². The van der Waals surface area contributed by atoms with Crippen LogP contribution >= 0.6 is 0 Å². The predicted octanol–water partition coefficient (Wildman–Crippen LogP) is 2.84. The molecule has 0 fully saturated rings. The molecule has 18 heavy (non-hydrogen) atoms. The Morgan fingerprint density at radius 3 is 2.17 bits per heavy atom. The standard InChI is InChI=1S/C16H14N2/c17-11-16-14-7-5-12-1-3-13(4-2-12)6-9-15(18-16)10-8-14/h1-4,8,10H,5-7,9H2. The summed E-state index contributed by atoms with van der Waals surface area (Å²) >= 11 is 0. The van der Waals surface area contributed by atoms with Gasteiger partial charge in [0.25, 0.3) is 0 Å². The molecule has 4 bridgehead atoms. The van der Waals surface area contributed by atoms with Crippen molar-refractivity contribution in [3.05, 3.63) is 64.5 Å². The van der Waals surface area contributed by atoms with Crippen LogP contribution in [0.3, 0.4) is 0 Å². The summed E-state index contributed by atoms with van der Waals surface area (Å²) in [7, 11) is 0. The van der Waals surface area contributed by atoms with Gasteiger partial charge in [0.15, 0.2) is 0 Å². The van der Waals surface area contributed by atoms with Crippen LogP contribution in [0.15, 0.2) is 36.4 Å². The topological polar surface area (TPSA) is 36.7 Å². The molecule has 0 atom stereocenters. The summed E-state index contributed by atoms with van der Waals surface area (Å²) in [5.74, 6) is 0. The Labute approximate surface area is 107 Å². The first-order valence-corrected chi connectivity index (χ1v) is 6.32. The molecule has 0 saturated heterocycles. The van der Waals surface area contributed by atoms with Crippen molar-refractivity contribution in [2.75, 3.05) is 0 Å². The molecule has 3 heterocycles. The van der Waals surface area contributed by atoms with Crippen molar-refractivity contribution < 1.29 is 0 Å². The van der Waals surface area contributed by atoms with Gasteiger partial charge in [0.2, 0.25) is 0 Å². The average Bonchev–Trinajstić information content (AvgIpc) is 2.41. The van der Waals surface area contributed by atoms with Gasteiger partial charge in [0.1, 0.15) is 11.8 Å². The van der Waals surface area contributed by atoms with E-state index in [1.807, 2.05) is 0 Å². The molecule has 88 valence electrons. The smallest absolute Gasteiger partial charge is 0.143 e. The molecule has 2 aromatic rings. The molecule has 2 heteroatoms. The highest BCUT2D eigenvalue weighted by Gasteiger charge is 2.08. The second-order valence-corrected chi connectivity index (χ2v) is 4.74. The van der Waals surface area contributed by atoms with Gasteiger partial charge in [0.05, 0.1) is 0 Å². The third-order valence-electron chi connectivity index (χ3n) is 3.52. The molecule has 0 amide bonds. The van der Waals surface area contributed by atoms with Crippen molar-refractivity contribution in [2.45, 2.75) is 25.7 Å². The lowest BCUT2D eigenvalue weighted by Crippen LogP contribution is -2.03. The molecule has 0 unspecified atom stereocenters. The third kappa shape index (κ3) is 2.12. The van der Waals surface area contributed by atoms with E-state index < -0.39 is 0 Å². The number of benzene rings is 1. The van der Waals surface area contributed by atoms with Crippen LogP contribution in [0.1, 0.15) is 28.1 Å². The van der Waals surface area contributed by atoms with Crippen molar-refractivity contribution in [1.82, 2.24) is 4.98 Å². The van der Waals surface area contributed by atoms with Crippen LogP contribution < -0.4 is 0 Å². The highest BCUT2D eigenvalue weighted by Crippen LogP contribution is 2.16. The van der Waals surface area contributed by atoms with Gasteiger partial charge >= 0.3 is 0 Å². The minimum Gasteiger partial charge on any atom is -0.242 e. The highest BCUT2D eigenvalue weighted by atomic mass is 14.7. The lowest BCUT2D eigenvalue weighted by Gasteiger charge is -2.10. The fourth-order valence-corrected chi connectivity index (χ4v) is 2.39. The number of aromatic nitrogens is 1. The monoisotopic (exact) mass is 234 g/mol. The van der Waals surface area contributed by atoms with E-state index in [1.54, 1.807) is 0 Å². The number of nitriles is 1. The maximum Gasteiger partial charge on any atom is 0.143 e. The quantitative estimate of drug-likeness (QED) is 0.702. The van der Waals surface area contributed by atoms with E-state index in [0.29, 0.717) is 5.69 Å². The van der Waals surface area contributed by atoms with Crippen LogP contribution in [0.25, 0.3) is 0 Å². The molecule has 2 nitrogen and oxygen atoms in total. The fraction of sp³-hybridized carbons (Fsp3) is 0.250. The largest absolute Gasteiger partial charge is 0.242 e. The first-order valence-electron chi connectivity index (χ1n) is 6.32. The Morgan fingerprint density at radius 1 is 0.833 bits per heavy atom. The molecule has 0 radical (unpaired) electrons. The summed E-state index contributed by atoms with van der Waals surface area (Å²) in [5, 5.41) is 9.16. The minimum atomic E-state index is 0.600. The summed E-state index contributed by atoms with van der Waals surface area (Å²) in [6.07, 6.45) is 3.73. The zero-order valence-electron chi connectivity index (χ0n) is 10.2. The number of aryl methyl sites for hydroxylation is 4. The summed E-state index contributed by atoms with van der Waals surface area (Å²) in [6, 6.07) is 15.1. The highest BCUT2D eigenvalue weighted by molar-refractivity contribution is 5.35. The molecule has 2 aliphatic heterocycles. The Morgan fingerprint density at radius 2 is 1.50 bits per heavy atom. The molecular weight excluding hydrogens is 220 g/mol. The van der Waals surface area contributed by atoms with E-state index >= 15 is 0 Å². The van der Waals surface area contributed by atoms with Gasteiger partial charge in [-0.2, -0.15) is 5.26 Å². The van der Waals surface area contributed by atoms with Gasteiger partial charge in [-0.05, 0) is 48.4 Å². The van der Waals surface area contributed by atoms with Crippen molar-refractivity contribution in [1.29, 1.82) is 5.26 Å². The van der Waals surface area contributed by atoms with Gasteiger partial charge in [-0.15, -0.1) is 0 Å². The van der Waals surface area contributed by atoms with Crippen LogP contribution in [-0.4, -0.2) is 4.98 Å². The SMILES string of the molecule is N#Cc1nc2ccc1CCc1ccc(cc1)CC2. The lowest BCUT2D eigenvalue weighted by atomic mass is 9.98. The van der Waals surface area contributed by atoms with Crippen LogP contribution in [0.2, 0.25) is 0 Å². The summed E-state index contributed by atoms with van der Waals surface area (Å²) in [6.45, 7) is 0. The Hall–Kier alpha value is -2.14. The van der Waals surface area contributed by atoms with Gasteiger partial charge in [-0.3, -0.25) is 0 Å². The lowest BCUT2D eigenvalue weighted by molar-refractivity contribution is 0.874. The normalized spacial score (nSPS) is 13.7. The maximum atomic E-state index is 9.16. The number of hydrogen-bond acceptors (Lipinski definition) is 2. The molecule has 0 N–H and O–H groups in total. The molecule has 1 aromatic carbocycles. The van der Waals surface area contributed by atoms with Gasteiger partial charge in [-0.25, -0.2) is 4.98 Å². The average molecular weight is 234 g/mol. The zero-order valence-corrected chi connectivity index (χ0v) is 10.2. The second kappa shape index (κ2) is 4.62. The number of nitrogens with zero attached hydrogens (tertiary/aromatic N) is 2. The van der Waals surface area contributed by atoms with Gasteiger partial charge in [0, 0.05) is 5.69 Å². The van der Waals surface area contributed by atoms with Crippen LogP contribution in [0.5, 0.6) is 0 Å². The number of pyridine rings is 1. The van der Waals surface area contributed by atoms with E-state index in [0.717, 1.165) is 36.9 Å². The van der Waals surface area contributed by atoms with E-state index in [9.17, 15) is 0 Å². The first-order chi connectivity index (χ1) is 8.85. The molecule has 0 saturated carbocycles. The fourth-order valence-electron chi connectivity index (χ4n) is 2.39. The zero-order chi connectivity index (χ0) is 12.4. The Balaban J connectivity index is 2.03. The van der Waals surface area contributed by atoms with Gasteiger partial charge in [-0.1, -0.05) is 30.3 Å². The Bertz CT molecular complexity index is 606. The molecule has 4 aliphatic rings. The van der Waals surface area contributed by atoms with Crippen LogP contribution in [0, 0.1) is 11.3 Å². The van der Waals surface area contributed by atoms with E-state index in [2.05, 4.69) is 47.5 Å². The molecular formula is C16H14N2. The van der Waals surface area contributed by atoms with E-state index in [1.165, 1.54) is 11.1 Å². The van der Waals surface area contributed by atoms with Crippen molar-refractivity contribution in [3.8, 4) is 6.07 Å². The number of hydrogen-bond donors (Lipinski definition) is 0. The molecule has 2 aliphatic carbocycles. The predicted molar refractivity (Wildman–Crippen MR) is 70.2 cm³/mol. The molecule has 0 spiro atoms. The molecule has 6 rings (SSSR count). The van der Waals surface area contributed by atoms with Crippen molar-refractivity contribution in [3.63, 3.8) is 0 Å². The van der Waals surface area contributed by atoms with Gasteiger partial charge < -0.3 is 0 Å². The molecule has 1 aromatic heterocycles. The second-order valence-electron chi connectivity index (χ2n) is 4.74. The summed E-state index contributed by atoms with van der Waals surface area (Å²) in [5.41, 5.74) is 5.34. The van der Waals surface area contributed by atoms with E-state index in [-0.39, 0.29) is 0 Å². The van der Waals surface area contributed by atoms with E-state index in [4.69, 9.17) is 5.26 Å². The maximum absolute atomic E-state index is 9.16. The number of rotatable bonds is 0. The first kappa shape index (κ1) is 11.0. The summed E-state index contributed by atoms with van der Waals surface area (Å²) < 4.78 is 0. The third-order valence-corrected chi connectivity index (χ3v) is 3.52. The van der Waals surface area contributed by atoms with Crippen LogP contribution in [0.4, 0.5) is 0 Å².